The summed E-state index contributed by atoms with van der Waals surface area (Å²) in [5.41, 5.74) is 6.38. The number of benzene rings is 1. The van der Waals surface area contributed by atoms with Crippen LogP contribution in [-0.2, 0) is 0 Å². The van der Waals surface area contributed by atoms with Crippen molar-refractivity contribution in [2.75, 3.05) is 0 Å². The molecule has 2 N–H and O–H groups in total. The van der Waals surface area contributed by atoms with Gasteiger partial charge in [0.2, 0.25) is 0 Å². The molecule has 0 aliphatic heterocycles. The maximum absolute atomic E-state index is 13.8. The summed E-state index contributed by atoms with van der Waals surface area (Å²) in [5, 5.41) is 0. The van der Waals surface area contributed by atoms with E-state index >= 15 is 0 Å². The van der Waals surface area contributed by atoms with E-state index in [2.05, 4.69) is 22.9 Å². The zero-order valence-corrected chi connectivity index (χ0v) is 11.3. The van der Waals surface area contributed by atoms with Crippen molar-refractivity contribution >= 4 is 15.9 Å². The Morgan fingerprint density at radius 3 is 2.59 bits per heavy atom. The molecule has 0 amide bonds. The summed E-state index contributed by atoms with van der Waals surface area (Å²) >= 11 is 2.97. The molecular formula is C13H16BrF2N. The Bertz CT molecular complexity index is 422. The van der Waals surface area contributed by atoms with E-state index in [1.807, 2.05) is 0 Å². The Hall–Kier alpha value is -0.480. The lowest BCUT2D eigenvalue weighted by molar-refractivity contribution is 0.343. The predicted octanol–water partition coefficient (Wildman–Crippen LogP) is 4.16. The van der Waals surface area contributed by atoms with Crippen molar-refractivity contribution in [3.63, 3.8) is 0 Å². The van der Waals surface area contributed by atoms with Crippen LogP contribution in [0.2, 0.25) is 0 Å². The Labute approximate surface area is 109 Å². The fraction of sp³-hybridized carbons (Fsp3) is 0.538. The lowest BCUT2D eigenvalue weighted by atomic mass is 9.86. The van der Waals surface area contributed by atoms with Crippen LogP contribution in [0.3, 0.4) is 0 Å². The third-order valence-electron chi connectivity index (χ3n) is 3.79. The van der Waals surface area contributed by atoms with Gasteiger partial charge < -0.3 is 5.73 Å². The Kier molecular flexibility index (Phi) is 3.83. The number of hydrogen-bond acceptors (Lipinski definition) is 1. The fourth-order valence-electron chi connectivity index (χ4n) is 2.73. The second kappa shape index (κ2) is 5.02. The molecule has 3 unspecified atom stereocenters. The molecule has 1 aromatic rings. The summed E-state index contributed by atoms with van der Waals surface area (Å²) in [4.78, 5) is 0. The molecule has 0 aromatic heterocycles. The molecule has 0 heterocycles. The number of halogens is 3. The van der Waals surface area contributed by atoms with Crippen molar-refractivity contribution in [3.05, 3.63) is 33.8 Å². The van der Waals surface area contributed by atoms with Crippen molar-refractivity contribution in [3.8, 4) is 0 Å². The number of nitrogens with two attached hydrogens (primary N) is 1. The quantitative estimate of drug-likeness (QED) is 0.816. The van der Waals surface area contributed by atoms with E-state index in [0.29, 0.717) is 11.5 Å². The van der Waals surface area contributed by atoms with Gasteiger partial charge in [0.25, 0.3) is 0 Å². The molecule has 3 atom stereocenters. The first-order valence-electron chi connectivity index (χ1n) is 5.90. The maximum atomic E-state index is 13.8. The van der Waals surface area contributed by atoms with Gasteiger partial charge >= 0.3 is 0 Å². The van der Waals surface area contributed by atoms with Gasteiger partial charge in [-0.25, -0.2) is 8.78 Å². The molecule has 0 radical (unpaired) electrons. The van der Waals surface area contributed by atoms with Crippen LogP contribution in [0.25, 0.3) is 0 Å². The van der Waals surface area contributed by atoms with Crippen molar-refractivity contribution in [2.24, 2.45) is 17.6 Å². The first-order chi connectivity index (χ1) is 8.00. The Balaban J connectivity index is 2.30. The number of rotatable bonds is 2. The molecule has 1 aliphatic carbocycles. The van der Waals surface area contributed by atoms with Gasteiger partial charge in [-0.1, -0.05) is 19.8 Å². The predicted molar refractivity (Wildman–Crippen MR) is 67.5 cm³/mol. The van der Waals surface area contributed by atoms with Gasteiger partial charge in [0, 0.05) is 11.6 Å². The van der Waals surface area contributed by atoms with Gasteiger partial charge in [-0.3, -0.25) is 0 Å². The topological polar surface area (TPSA) is 26.0 Å². The molecule has 1 aliphatic rings. The fourth-order valence-corrected chi connectivity index (χ4v) is 3.05. The average molecular weight is 304 g/mol. The third-order valence-corrected chi connectivity index (χ3v) is 4.40. The van der Waals surface area contributed by atoms with Gasteiger partial charge in [-0.15, -0.1) is 0 Å². The van der Waals surface area contributed by atoms with Crippen LogP contribution in [0.5, 0.6) is 0 Å². The molecular weight excluding hydrogens is 288 g/mol. The lowest BCUT2D eigenvalue weighted by Gasteiger charge is -2.24. The first kappa shape index (κ1) is 13.0. The van der Waals surface area contributed by atoms with E-state index < -0.39 is 17.7 Å². The van der Waals surface area contributed by atoms with Crippen LogP contribution >= 0.6 is 15.9 Å². The second-order valence-electron chi connectivity index (χ2n) is 4.89. The van der Waals surface area contributed by atoms with Gasteiger partial charge in [-0.05, 0) is 46.3 Å². The standard InChI is InChI=1S/C13H16BrF2N/c1-7-3-2-4-8(7)13(17)9-5-12(16)10(14)6-11(9)15/h5-8,13H,2-4,17H2,1H3. The average Bonchev–Trinajstić information content (AvgIpc) is 2.69. The highest BCUT2D eigenvalue weighted by molar-refractivity contribution is 9.10. The van der Waals surface area contributed by atoms with Crippen LogP contribution in [0, 0.1) is 23.5 Å². The second-order valence-corrected chi connectivity index (χ2v) is 5.74. The first-order valence-corrected chi connectivity index (χ1v) is 6.70. The molecule has 1 aromatic carbocycles. The van der Waals surface area contributed by atoms with E-state index in [1.54, 1.807) is 0 Å². The van der Waals surface area contributed by atoms with E-state index in [0.717, 1.165) is 25.3 Å². The van der Waals surface area contributed by atoms with Crippen molar-refractivity contribution in [2.45, 2.75) is 32.2 Å². The lowest BCUT2D eigenvalue weighted by Crippen LogP contribution is -2.24. The molecule has 0 bridgehead atoms. The monoisotopic (exact) mass is 303 g/mol. The molecule has 1 nitrogen and oxygen atoms in total. The van der Waals surface area contributed by atoms with Gasteiger partial charge in [0.1, 0.15) is 11.6 Å². The molecule has 2 rings (SSSR count). The highest BCUT2D eigenvalue weighted by Gasteiger charge is 2.31. The highest BCUT2D eigenvalue weighted by atomic mass is 79.9. The molecule has 1 saturated carbocycles. The zero-order chi connectivity index (χ0) is 12.6. The van der Waals surface area contributed by atoms with Crippen LogP contribution < -0.4 is 5.73 Å². The van der Waals surface area contributed by atoms with Crippen LogP contribution in [0.4, 0.5) is 8.78 Å². The molecule has 1 fully saturated rings. The van der Waals surface area contributed by atoms with Gasteiger partial charge in [0.05, 0.1) is 4.47 Å². The van der Waals surface area contributed by atoms with Gasteiger partial charge in [0.15, 0.2) is 0 Å². The van der Waals surface area contributed by atoms with E-state index in [4.69, 9.17) is 5.73 Å². The SMILES string of the molecule is CC1CCCC1C(N)c1cc(F)c(Br)cc1F. The summed E-state index contributed by atoms with van der Waals surface area (Å²) in [6.45, 7) is 2.13. The number of hydrogen-bond donors (Lipinski definition) is 1. The Morgan fingerprint density at radius 1 is 1.29 bits per heavy atom. The minimum absolute atomic E-state index is 0.144. The minimum atomic E-state index is -0.456. The smallest absolute Gasteiger partial charge is 0.137 e. The van der Waals surface area contributed by atoms with Gasteiger partial charge in [-0.2, -0.15) is 0 Å². The third kappa shape index (κ3) is 2.52. The largest absolute Gasteiger partial charge is 0.324 e. The molecule has 17 heavy (non-hydrogen) atoms. The highest BCUT2D eigenvalue weighted by Crippen LogP contribution is 2.40. The van der Waals surface area contributed by atoms with E-state index in [1.165, 1.54) is 6.07 Å². The molecule has 4 heteroatoms. The van der Waals surface area contributed by atoms with Crippen LogP contribution in [0.15, 0.2) is 16.6 Å². The summed E-state index contributed by atoms with van der Waals surface area (Å²) in [6, 6.07) is 1.97. The van der Waals surface area contributed by atoms with E-state index in [9.17, 15) is 8.78 Å². The van der Waals surface area contributed by atoms with Crippen molar-refractivity contribution in [1.82, 2.24) is 0 Å². The summed E-state index contributed by atoms with van der Waals surface area (Å²) < 4.78 is 27.4. The van der Waals surface area contributed by atoms with E-state index in [-0.39, 0.29) is 10.4 Å². The van der Waals surface area contributed by atoms with Crippen LogP contribution in [-0.4, -0.2) is 0 Å². The van der Waals surface area contributed by atoms with Crippen molar-refractivity contribution < 1.29 is 8.78 Å². The summed E-state index contributed by atoms with van der Waals surface area (Å²) in [7, 11) is 0. The van der Waals surface area contributed by atoms with Crippen LogP contribution in [0.1, 0.15) is 37.8 Å². The normalized spacial score (nSPS) is 26.2. The summed E-state index contributed by atoms with van der Waals surface area (Å²) in [6.07, 6.45) is 3.25. The maximum Gasteiger partial charge on any atom is 0.137 e. The minimum Gasteiger partial charge on any atom is -0.324 e. The molecule has 0 spiro atoms. The zero-order valence-electron chi connectivity index (χ0n) is 9.72. The molecule has 0 saturated heterocycles. The summed E-state index contributed by atoms with van der Waals surface area (Å²) in [5.74, 6) is -0.145. The molecule has 94 valence electrons. The van der Waals surface area contributed by atoms with Crippen molar-refractivity contribution in [1.29, 1.82) is 0 Å². The Morgan fingerprint density at radius 2 is 2.00 bits per heavy atom.